The molecule has 1 aromatic rings. The standard InChI is InChI=1S/C9H12ClN3O2S/c1-15-9(14)11-6-2-3-13(4-6)8-12-7(10)5-16-8/h5-6H,2-4H2,1H3,(H,11,14). The number of methoxy groups -OCH3 is 1. The quantitative estimate of drug-likeness (QED) is 0.881. The highest BCUT2D eigenvalue weighted by molar-refractivity contribution is 7.14. The third-order valence-electron chi connectivity index (χ3n) is 2.43. The summed E-state index contributed by atoms with van der Waals surface area (Å²) < 4.78 is 4.55. The summed E-state index contributed by atoms with van der Waals surface area (Å²) >= 11 is 7.28. The van der Waals surface area contributed by atoms with Gasteiger partial charge in [0.05, 0.1) is 13.2 Å². The molecule has 0 aromatic carbocycles. The van der Waals surface area contributed by atoms with Crippen LogP contribution in [0.5, 0.6) is 0 Å². The van der Waals surface area contributed by atoms with Crippen LogP contribution in [0.25, 0.3) is 0 Å². The van der Waals surface area contributed by atoms with E-state index in [9.17, 15) is 4.79 Å². The zero-order chi connectivity index (χ0) is 11.5. The molecule has 1 N–H and O–H groups in total. The van der Waals surface area contributed by atoms with Crippen LogP contribution in [0.4, 0.5) is 9.93 Å². The summed E-state index contributed by atoms with van der Waals surface area (Å²) in [7, 11) is 1.36. The monoisotopic (exact) mass is 261 g/mol. The molecule has 5 nitrogen and oxygen atoms in total. The number of hydrogen-bond acceptors (Lipinski definition) is 5. The molecule has 1 atom stereocenters. The maximum absolute atomic E-state index is 11.0. The molecule has 0 bridgehead atoms. The van der Waals surface area contributed by atoms with Gasteiger partial charge in [-0.15, -0.1) is 11.3 Å². The predicted molar refractivity (Wildman–Crippen MR) is 63.3 cm³/mol. The van der Waals surface area contributed by atoms with Crippen molar-refractivity contribution >= 4 is 34.2 Å². The number of carbonyl (C=O) groups is 1. The van der Waals surface area contributed by atoms with Crippen LogP contribution in [-0.4, -0.2) is 37.3 Å². The maximum Gasteiger partial charge on any atom is 0.407 e. The van der Waals surface area contributed by atoms with E-state index in [1.54, 1.807) is 5.38 Å². The van der Waals surface area contributed by atoms with Gasteiger partial charge in [0.1, 0.15) is 5.15 Å². The number of amides is 1. The van der Waals surface area contributed by atoms with Crippen molar-refractivity contribution in [1.29, 1.82) is 0 Å². The van der Waals surface area contributed by atoms with E-state index in [1.807, 2.05) is 0 Å². The van der Waals surface area contributed by atoms with Crippen molar-refractivity contribution in [2.75, 3.05) is 25.1 Å². The van der Waals surface area contributed by atoms with E-state index >= 15 is 0 Å². The lowest BCUT2D eigenvalue weighted by Gasteiger charge is -2.15. The normalized spacial score (nSPS) is 19.9. The van der Waals surface area contributed by atoms with Crippen LogP contribution in [-0.2, 0) is 4.74 Å². The number of hydrogen-bond donors (Lipinski definition) is 1. The minimum atomic E-state index is -0.385. The Morgan fingerprint density at radius 3 is 3.25 bits per heavy atom. The minimum absolute atomic E-state index is 0.120. The van der Waals surface area contributed by atoms with Crippen LogP contribution in [0, 0.1) is 0 Å². The molecule has 88 valence electrons. The predicted octanol–water partition coefficient (Wildman–Crippen LogP) is 1.73. The molecule has 7 heteroatoms. The van der Waals surface area contributed by atoms with Gasteiger partial charge in [0, 0.05) is 18.5 Å². The van der Waals surface area contributed by atoms with Crippen molar-refractivity contribution in [3.8, 4) is 0 Å². The Labute approximate surface area is 102 Å². The summed E-state index contributed by atoms with van der Waals surface area (Å²) in [5, 5.41) is 6.00. The van der Waals surface area contributed by atoms with E-state index < -0.39 is 0 Å². The zero-order valence-corrected chi connectivity index (χ0v) is 10.3. The lowest BCUT2D eigenvalue weighted by atomic mass is 10.3. The molecule has 1 aliphatic rings. The number of carbonyl (C=O) groups excluding carboxylic acids is 1. The highest BCUT2D eigenvalue weighted by Gasteiger charge is 2.25. The van der Waals surface area contributed by atoms with E-state index in [-0.39, 0.29) is 12.1 Å². The van der Waals surface area contributed by atoms with Crippen LogP contribution in [0.3, 0.4) is 0 Å². The van der Waals surface area contributed by atoms with Gasteiger partial charge in [-0.2, -0.15) is 0 Å². The Kier molecular flexibility index (Phi) is 3.50. The molecule has 1 aliphatic heterocycles. The second-order valence-electron chi connectivity index (χ2n) is 3.52. The van der Waals surface area contributed by atoms with Gasteiger partial charge in [-0.1, -0.05) is 11.6 Å². The van der Waals surface area contributed by atoms with Gasteiger partial charge in [0.2, 0.25) is 0 Å². The number of rotatable bonds is 2. The van der Waals surface area contributed by atoms with E-state index in [1.165, 1.54) is 18.4 Å². The molecule has 1 amide bonds. The largest absolute Gasteiger partial charge is 0.453 e. The molecule has 1 saturated heterocycles. The van der Waals surface area contributed by atoms with Gasteiger partial charge in [-0.25, -0.2) is 9.78 Å². The smallest absolute Gasteiger partial charge is 0.407 e. The van der Waals surface area contributed by atoms with Gasteiger partial charge >= 0.3 is 6.09 Å². The number of halogens is 1. The summed E-state index contributed by atoms with van der Waals surface area (Å²) in [6.45, 7) is 1.62. The molecular formula is C9H12ClN3O2S. The Morgan fingerprint density at radius 2 is 2.62 bits per heavy atom. The molecule has 2 rings (SSSR count). The first-order valence-corrected chi connectivity index (χ1v) is 6.15. The third kappa shape index (κ3) is 2.56. The summed E-state index contributed by atoms with van der Waals surface area (Å²) in [5.74, 6) is 0. The fourth-order valence-electron chi connectivity index (χ4n) is 1.67. The SMILES string of the molecule is COC(=O)NC1CCN(c2nc(Cl)cs2)C1. The molecule has 0 aliphatic carbocycles. The van der Waals surface area contributed by atoms with Crippen molar-refractivity contribution in [2.45, 2.75) is 12.5 Å². The fraction of sp³-hybridized carbons (Fsp3) is 0.556. The average Bonchev–Trinajstić information content (AvgIpc) is 2.87. The number of nitrogens with one attached hydrogen (secondary N) is 1. The van der Waals surface area contributed by atoms with Crippen LogP contribution in [0.1, 0.15) is 6.42 Å². The van der Waals surface area contributed by atoms with Crippen molar-refractivity contribution in [2.24, 2.45) is 0 Å². The molecule has 1 fully saturated rings. The van der Waals surface area contributed by atoms with Crippen molar-refractivity contribution in [3.63, 3.8) is 0 Å². The number of aromatic nitrogens is 1. The third-order valence-corrected chi connectivity index (χ3v) is 3.65. The highest BCUT2D eigenvalue weighted by Crippen LogP contribution is 2.26. The van der Waals surface area contributed by atoms with E-state index in [2.05, 4.69) is 19.9 Å². The first-order valence-electron chi connectivity index (χ1n) is 4.89. The lowest BCUT2D eigenvalue weighted by molar-refractivity contribution is 0.167. The number of nitrogens with zero attached hydrogens (tertiary/aromatic N) is 2. The number of thiazole rings is 1. The van der Waals surface area contributed by atoms with E-state index in [0.29, 0.717) is 5.15 Å². The summed E-state index contributed by atoms with van der Waals surface area (Å²) in [6.07, 6.45) is 0.510. The minimum Gasteiger partial charge on any atom is -0.453 e. The molecule has 0 radical (unpaired) electrons. The number of alkyl carbamates (subject to hydrolysis) is 1. The van der Waals surface area contributed by atoms with Crippen molar-refractivity contribution in [1.82, 2.24) is 10.3 Å². The van der Waals surface area contributed by atoms with Gasteiger partial charge in [0.15, 0.2) is 5.13 Å². The van der Waals surface area contributed by atoms with Crippen LogP contribution >= 0.6 is 22.9 Å². The van der Waals surface area contributed by atoms with Gasteiger partial charge in [-0.05, 0) is 6.42 Å². The number of ether oxygens (including phenoxy) is 1. The molecular weight excluding hydrogens is 250 g/mol. The summed E-state index contributed by atoms with van der Waals surface area (Å²) in [6, 6.07) is 0.120. The van der Waals surface area contributed by atoms with Crippen LogP contribution in [0.15, 0.2) is 5.38 Å². The second-order valence-corrected chi connectivity index (χ2v) is 4.74. The molecule has 1 aromatic heterocycles. The molecule has 1 unspecified atom stereocenters. The van der Waals surface area contributed by atoms with E-state index in [0.717, 1.165) is 24.6 Å². The maximum atomic E-state index is 11.0. The molecule has 16 heavy (non-hydrogen) atoms. The average molecular weight is 262 g/mol. The summed E-state index contributed by atoms with van der Waals surface area (Å²) in [4.78, 5) is 17.3. The highest BCUT2D eigenvalue weighted by atomic mass is 35.5. The van der Waals surface area contributed by atoms with Gasteiger partial charge in [0.25, 0.3) is 0 Å². The second kappa shape index (κ2) is 4.88. The lowest BCUT2D eigenvalue weighted by Crippen LogP contribution is -2.36. The van der Waals surface area contributed by atoms with Gasteiger partial charge < -0.3 is 15.0 Å². The molecule has 0 spiro atoms. The topological polar surface area (TPSA) is 54.5 Å². The van der Waals surface area contributed by atoms with Crippen LogP contribution < -0.4 is 10.2 Å². The number of anilines is 1. The Morgan fingerprint density at radius 1 is 1.81 bits per heavy atom. The van der Waals surface area contributed by atoms with Gasteiger partial charge in [-0.3, -0.25) is 0 Å². The Bertz CT molecular complexity index is 385. The Hall–Kier alpha value is -1.01. The zero-order valence-electron chi connectivity index (χ0n) is 8.77. The molecule has 2 heterocycles. The van der Waals surface area contributed by atoms with E-state index in [4.69, 9.17) is 11.6 Å². The van der Waals surface area contributed by atoms with Crippen molar-refractivity contribution in [3.05, 3.63) is 10.5 Å². The van der Waals surface area contributed by atoms with Crippen LogP contribution in [0.2, 0.25) is 5.15 Å². The Balaban J connectivity index is 1.90. The summed E-state index contributed by atoms with van der Waals surface area (Å²) in [5.41, 5.74) is 0. The fourth-order valence-corrected chi connectivity index (χ4v) is 2.65. The molecule has 0 saturated carbocycles. The first kappa shape index (κ1) is 11.5. The van der Waals surface area contributed by atoms with Crippen molar-refractivity contribution < 1.29 is 9.53 Å². The first-order chi connectivity index (χ1) is 7.69.